The van der Waals surface area contributed by atoms with Gasteiger partial charge in [-0.25, -0.2) is 5.06 Å². The van der Waals surface area contributed by atoms with Gasteiger partial charge in [-0.2, -0.15) is 0 Å². The fourth-order valence-corrected chi connectivity index (χ4v) is 3.12. The summed E-state index contributed by atoms with van der Waals surface area (Å²) in [6.07, 6.45) is 0.612. The molecule has 0 unspecified atom stereocenters. The standard InChI is InChI=1S/C20H24N2O3/c1-20(2)21-18(19(23)22(20)24-3)13-15-9-11-17(12-10-15)25-14-16-7-5-4-6-8-16/h4-12,18,21H,13-14H2,1-3H3/t18-/m0/s1. The summed E-state index contributed by atoms with van der Waals surface area (Å²) in [6, 6.07) is 17.7. The van der Waals surface area contributed by atoms with Gasteiger partial charge in [-0.1, -0.05) is 42.5 Å². The molecule has 1 aliphatic rings. The summed E-state index contributed by atoms with van der Waals surface area (Å²) < 4.78 is 5.79. The van der Waals surface area contributed by atoms with Gasteiger partial charge in [0.1, 0.15) is 18.0 Å². The van der Waals surface area contributed by atoms with Crippen LogP contribution in [-0.4, -0.2) is 29.8 Å². The van der Waals surface area contributed by atoms with Crippen LogP contribution in [0.1, 0.15) is 25.0 Å². The Morgan fingerprint density at radius 3 is 2.32 bits per heavy atom. The summed E-state index contributed by atoms with van der Waals surface area (Å²) in [7, 11) is 1.52. The first-order valence-corrected chi connectivity index (χ1v) is 8.41. The van der Waals surface area contributed by atoms with Crippen LogP contribution in [0.15, 0.2) is 54.6 Å². The van der Waals surface area contributed by atoms with Crippen LogP contribution >= 0.6 is 0 Å². The lowest BCUT2D eigenvalue weighted by molar-refractivity contribution is -0.192. The van der Waals surface area contributed by atoms with E-state index in [-0.39, 0.29) is 11.9 Å². The summed E-state index contributed by atoms with van der Waals surface area (Å²) in [5.41, 5.74) is 1.70. The topological polar surface area (TPSA) is 50.8 Å². The van der Waals surface area contributed by atoms with E-state index in [1.54, 1.807) is 0 Å². The third-order valence-corrected chi connectivity index (χ3v) is 4.33. The Bertz CT molecular complexity index is 713. The van der Waals surface area contributed by atoms with Crippen molar-refractivity contribution in [3.05, 3.63) is 65.7 Å². The first kappa shape index (κ1) is 17.5. The van der Waals surface area contributed by atoms with Gasteiger partial charge < -0.3 is 4.74 Å². The average molecular weight is 340 g/mol. The number of hydrogen-bond acceptors (Lipinski definition) is 4. The van der Waals surface area contributed by atoms with E-state index in [4.69, 9.17) is 9.57 Å². The van der Waals surface area contributed by atoms with Crippen LogP contribution in [0.3, 0.4) is 0 Å². The SMILES string of the molecule is CON1C(=O)[C@H](Cc2ccc(OCc3ccccc3)cc2)NC1(C)C. The van der Waals surface area contributed by atoms with Crippen LogP contribution in [0.2, 0.25) is 0 Å². The highest BCUT2D eigenvalue weighted by Crippen LogP contribution is 2.23. The Morgan fingerprint density at radius 1 is 1.04 bits per heavy atom. The van der Waals surface area contributed by atoms with Crippen molar-refractivity contribution in [3.63, 3.8) is 0 Å². The first-order valence-electron chi connectivity index (χ1n) is 8.41. The Hall–Kier alpha value is -2.37. The number of amides is 1. The van der Waals surface area contributed by atoms with Gasteiger partial charge in [0, 0.05) is 0 Å². The molecule has 132 valence electrons. The summed E-state index contributed by atoms with van der Waals surface area (Å²) in [6.45, 7) is 4.39. The van der Waals surface area contributed by atoms with Crippen molar-refractivity contribution >= 4 is 5.91 Å². The van der Waals surface area contributed by atoms with Crippen molar-refractivity contribution in [2.75, 3.05) is 7.11 Å². The number of nitrogens with zero attached hydrogens (tertiary/aromatic N) is 1. The number of hydrogen-bond donors (Lipinski definition) is 1. The molecule has 0 aromatic heterocycles. The quantitative estimate of drug-likeness (QED) is 0.878. The lowest BCUT2D eigenvalue weighted by Gasteiger charge is -2.28. The number of nitrogens with one attached hydrogen (secondary N) is 1. The molecule has 25 heavy (non-hydrogen) atoms. The van der Waals surface area contributed by atoms with Crippen LogP contribution in [0.5, 0.6) is 5.75 Å². The molecule has 5 nitrogen and oxygen atoms in total. The first-order chi connectivity index (χ1) is 12.0. The highest BCUT2D eigenvalue weighted by molar-refractivity contribution is 5.84. The molecule has 2 aromatic carbocycles. The van der Waals surface area contributed by atoms with E-state index >= 15 is 0 Å². The fourth-order valence-electron chi connectivity index (χ4n) is 3.12. The summed E-state index contributed by atoms with van der Waals surface area (Å²) in [5.74, 6) is 0.772. The second-order valence-corrected chi connectivity index (χ2v) is 6.69. The Balaban J connectivity index is 1.59. The number of benzene rings is 2. The van der Waals surface area contributed by atoms with E-state index in [2.05, 4.69) is 5.32 Å². The van der Waals surface area contributed by atoms with Crippen molar-refractivity contribution in [3.8, 4) is 5.75 Å². The molecule has 0 saturated carbocycles. The molecule has 1 heterocycles. The van der Waals surface area contributed by atoms with Crippen molar-refractivity contribution in [1.82, 2.24) is 10.4 Å². The molecular formula is C20H24N2O3. The maximum Gasteiger partial charge on any atom is 0.265 e. The maximum absolute atomic E-state index is 12.4. The fraction of sp³-hybridized carbons (Fsp3) is 0.350. The maximum atomic E-state index is 12.4. The second kappa shape index (κ2) is 7.25. The van der Waals surface area contributed by atoms with Crippen LogP contribution < -0.4 is 10.1 Å². The summed E-state index contributed by atoms with van der Waals surface area (Å²) in [4.78, 5) is 17.6. The largest absolute Gasteiger partial charge is 0.489 e. The van der Waals surface area contributed by atoms with E-state index in [1.807, 2.05) is 68.4 Å². The monoisotopic (exact) mass is 340 g/mol. The molecule has 2 aromatic rings. The Morgan fingerprint density at radius 2 is 1.72 bits per heavy atom. The number of carbonyl (C=O) groups excluding carboxylic acids is 1. The molecule has 5 heteroatoms. The minimum absolute atomic E-state index is 0.0445. The average Bonchev–Trinajstić information content (AvgIpc) is 2.83. The van der Waals surface area contributed by atoms with Gasteiger partial charge in [0.2, 0.25) is 0 Å². The third-order valence-electron chi connectivity index (χ3n) is 4.33. The van der Waals surface area contributed by atoms with Gasteiger partial charge >= 0.3 is 0 Å². The van der Waals surface area contributed by atoms with Gasteiger partial charge in [-0.05, 0) is 43.5 Å². The summed E-state index contributed by atoms with van der Waals surface area (Å²) >= 11 is 0. The van der Waals surface area contributed by atoms with Crippen LogP contribution in [0.4, 0.5) is 0 Å². The van der Waals surface area contributed by atoms with Gasteiger partial charge in [-0.3, -0.25) is 14.9 Å². The number of rotatable bonds is 6. The zero-order chi connectivity index (χ0) is 17.9. The Kier molecular flexibility index (Phi) is 5.06. The third kappa shape index (κ3) is 4.00. The van der Waals surface area contributed by atoms with Gasteiger partial charge in [0.25, 0.3) is 5.91 Å². The zero-order valence-electron chi connectivity index (χ0n) is 14.9. The van der Waals surface area contributed by atoms with Crippen molar-refractivity contribution in [2.24, 2.45) is 0 Å². The van der Waals surface area contributed by atoms with Crippen molar-refractivity contribution in [1.29, 1.82) is 0 Å². The van der Waals surface area contributed by atoms with E-state index < -0.39 is 5.66 Å². The lowest BCUT2D eigenvalue weighted by Crippen LogP contribution is -2.46. The van der Waals surface area contributed by atoms with Crippen molar-refractivity contribution < 1.29 is 14.4 Å². The normalized spacial score (nSPS) is 19.2. The number of hydroxylamine groups is 2. The molecule has 0 spiro atoms. The minimum Gasteiger partial charge on any atom is -0.489 e. The molecule has 1 saturated heterocycles. The number of ether oxygens (including phenoxy) is 1. The lowest BCUT2D eigenvalue weighted by atomic mass is 10.1. The van der Waals surface area contributed by atoms with Crippen LogP contribution in [0, 0.1) is 0 Å². The van der Waals surface area contributed by atoms with E-state index in [1.165, 1.54) is 12.2 Å². The molecule has 1 aliphatic heterocycles. The molecule has 1 N–H and O–H groups in total. The molecule has 1 fully saturated rings. The highest BCUT2D eigenvalue weighted by atomic mass is 16.7. The molecule has 0 radical (unpaired) electrons. The molecule has 0 bridgehead atoms. The number of carbonyl (C=O) groups is 1. The predicted octanol–water partition coefficient (Wildman–Crippen LogP) is 2.91. The van der Waals surface area contributed by atoms with Gasteiger partial charge in [0.05, 0.1) is 13.2 Å². The predicted molar refractivity (Wildman–Crippen MR) is 95.8 cm³/mol. The van der Waals surface area contributed by atoms with Gasteiger partial charge in [0.15, 0.2) is 0 Å². The smallest absolute Gasteiger partial charge is 0.265 e. The van der Waals surface area contributed by atoms with Crippen LogP contribution in [-0.2, 0) is 22.7 Å². The van der Waals surface area contributed by atoms with Crippen LogP contribution in [0.25, 0.3) is 0 Å². The van der Waals surface area contributed by atoms with Crippen molar-refractivity contribution in [2.45, 2.75) is 38.6 Å². The highest BCUT2D eigenvalue weighted by Gasteiger charge is 2.44. The molecule has 1 atom stereocenters. The Labute approximate surface area is 148 Å². The molecular weight excluding hydrogens is 316 g/mol. The summed E-state index contributed by atoms with van der Waals surface area (Å²) in [5, 5.41) is 4.71. The van der Waals surface area contributed by atoms with Gasteiger partial charge in [-0.15, -0.1) is 0 Å². The van der Waals surface area contributed by atoms with E-state index in [0.29, 0.717) is 13.0 Å². The molecule has 0 aliphatic carbocycles. The second-order valence-electron chi connectivity index (χ2n) is 6.69. The molecule has 3 rings (SSSR count). The zero-order valence-corrected chi connectivity index (χ0v) is 14.9. The minimum atomic E-state index is -0.505. The van der Waals surface area contributed by atoms with E-state index in [0.717, 1.165) is 16.9 Å². The van der Waals surface area contributed by atoms with E-state index in [9.17, 15) is 4.79 Å². The molecule has 1 amide bonds.